The van der Waals surface area contributed by atoms with Gasteiger partial charge in [-0.3, -0.25) is 0 Å². The molecule has 0 atom stereocenters. The van der Waals surface area contributed by atoms with Crippen LogP contribution in [0.3, 0.4) is 0 Å². The summed E-state index contributed by atoms with van der Waals surface area (Å²) in [5.74, 6) is 0. The molecule has 2 nitrogen and oxygen atoms in total. The van der Waals surface area contributed by atoms with Crippen molar-refractivity contribution in [1.82, 2.24) is 4.98 Å². The molecule has 0 unspecified atom stereocenters. The van der Waals surface area contributed by atoms with Crippen LogP contribution < -0.4 is 5.32 Å². The number of aromatic nitrogens is 1. The minimum absolute atomic E-state index is 0. The fourth-order valence-electron chi connectivity index (χ4n) is 2.74. The van der Waals surface area contributed by atoms with Crippen molar-refractivity contribution in [2.45, 2.75) is 39.5 Å². The molecule has 0 saturated heterocycles. The molecule has 3 rings (SSSR count). The van der Waals surface area contributed by atoms with Crippen LogP contribution in [0.15, 0.2) is 48.5 Å². The summed E-state index contributed by atoms with van der Waals surface area (Å²) in [4.78, 5) is 6.20. The summed E-state index contributed by atoms with van der Waals surface area (Å²) in [7, 11) is 0. The summed E-state index contributed by atoms with van der Waals surface area (Å²) in [5, 5.41) is 5.17. The number of nitrogens with one attached hydrogen (secondary N) is 1. The Kier molecular flexibility index (Phi) is 6.89. The molecule has 2 aromatic carbocycles. The zero-order chi connectivity index (χ0) is 18.0. The third-order valence-electron chi connectivity index (χ3n) is 3.96. The van der Waals surface area contributed by atoms with Crippen LogP contribution in [-0.2, 0) is 11.8 Å². The third-order valence-corrected chi connectivity index (χ3v) is 5.18. The van der Waals surface area contributed by atoms with Crippen molar-refractivity contribution >= 4 is 50.7 Å². The van der Waals surface area contributed by atoms with E-state index in [1.807, 2.05) is 12.1 Å². The minimum Gasteiger partial charge on any atom is -0.332 e. The summed E-state index contributed by atoms with van der Waals surface area (Å²) >= 11 is 7.74. The van der Waals surface area contributed by atoms with Crippen LogP contribution >= 0.6 is 39.9 Å². The molecule has 138 valence electrons. The molecule has 3 aromatic rings. The molecule has 1 aromatic heterocycles. The van der Waals surface area contributed by atoms with E-state index in [2.05, 4.69) is 69.4 Å². The lowest BCUT2D eigenvalue weighted by Crippen LogP contribution is -2.14. The van der Waals surface area contributed by atoms with Crippen LogP contribution in [-0.4, -0.2) is 4.98 Å². The molecule has 0 fully saturated rings. The number of anilines is 2. The van der Waals surface area contributed by atoms with Crippen molar-refractivity contribution in [3.05, 3.63) is 75.3 Å². The Morgan fingerprint density at radius 3 is 2.38 bits per heavy atom. The highest BCUT2D eigenvalue weighted by Crippen LogP contribution is 2.35. The summed E-state index contributed by atoms with van der Waals surface area (Å²) < 4.78 is 0. The van der Waals surface area contributed by atoms with Crippen LogP contribution in [0.2, 0.25) is 5.02 Å². The Hall–Kier alpha value is -1.36. The summed E-state index contributed by atoms with van der Waals surface area (Å²) in [5.41, 5.74) is 4.72. The molecule has 26 heavy (non-hydrogen) atoms. The average Bonchev–Trinajstić information content (AvgIpc) is 2.92. The van der Waals surface area contributed by atoms with E-state index in [1.165, 1.54) is 16.0 Å². The van der Waals surface area contributed by atoms with E-state index in [-0.39, 0.29) is 22.4 Å². The fraction of sp³-hybridized carbons (Fsp3) is 0.286. The quantitative estimate of drug-likeness (QED) is 0.449. The van der Waals surface area contributed by atoms with E-state index in [9.17, 15) is 0 Å². The molecule has 0 bridgehead atoms. The average molecular weight is 452 g/mol. The number of nitrogens with zero attached hydrogens (tertiary/aromatic N) is 1. The van der Waals surface area contributed by atoms with Crippen molar-refractivity contribution in [2.24, 2.45) is 0 Å². The highest BCUT2D eigenvalue weighted by Gasteiger charge is 2.23. The minimum atomic E-state index is 0. The first-order valence-electron chi connectivity index (χ1n) is 8.39. The lowest BCUT2D eigenvalue weighted by molar-refractivity contribution is 0.568. The lowest BCUT2D eigenvalue weighted by Gasteiger charge is -2.17. The number of rotatable bonds is 4. The predicted molar refractivity (Wildman–Crippen MR) is 120 cm³/mol. The second-order valence-electron chi connectivity index (χ2n) is 7.34. The lowest BCUT2D eigenvalue weighted by atomic mass is 9.90. The van der Waals surface area contributed by atoms with E-state index in [4.69, 9.17) is 16.6 Å². The van der Waals surface area contributed by atoms with Gasteiger partial charge in [0.15, 0.2) is 5.13 Å². The number of benzene rings is 2. The van der Waals surface area contributed by atoms with Crippen LogP contribution in [0.4, 0.5) is 10.8 Å². The highest BCUT2D eigenvalue weighted by molar-refractivity contribution is 8.93. The van der Waals surface area contributed by atoms with Crippen LogP contribution in [0, 0.1) is 6.92 Å². The molecule has 0 aliphatic rings. The second-order valence-corrected chi connectivity index (χ2v) is 8.86. The van der Waals surface area contributed by atoms with Gasteiger partial charge in [-0.1, -0.05) is 56.6 Å². The number of hydrogen-bond donors (Lipinski definition) is 1. The van der Waals surface area contributed by atoms with Gasteiger partial charge in [0, 0.05) is 27.4 Å². The maximum atomic E-state index is 6.01. The van der Waals surface area contributed by atoms with Gasteiger partial charge < -0.3 is 5.32 Å². The molecule has 0 amide bonds. The smallest absolute Gasteiger partial charge is 0.187 e. The van der Waals surface area contributed by atoms with E-state index < -0.39 is 0 Å². The molecule has 0 aliphatic carbocycles. The van der Waals surface area contributed by atoms with E-state index in [0.717, 1.165) is 28.0 Å². The molecule has 1 N–H and O–H groups in total. The summed E-state index contributed by atoms with van der Waals surface area (Å²) in [6.07, 6.45) is 0.872. The number of aryl methyl sites for hydroxylation is 1. The number of hydrogen-bond acceptors (Lipinski definition) is 3. The normalized spacial score (nSPS) is 11.1. The van der Waals surface area contributed by atoms with Crippen LogP contribution in [0.25, 0.3) is 0 Å². The van der Waals surface area contributed by atoms with Crippen molar-refractivity contribution in [2.75, 3.05) is 5.32 Å². The second kappa shape index (κ2) is 8.55. The number of halogens is 2. The molecule has 0 spiro atoms. The third kappa shape index (κ3) is 5.32. The maximum Gasteiger partial charge on any atom is 0.187 e. The van der Waals surface area contributed by atoms with Gasteiger partial charge in [0.25, 0.3) is 0 Å². The molecule has 1 heterocycles. The largest absolute Gasteiger partial charge is 0.332 e. The Bertz CT molecular complexity index is 866. The summed E-state index contributed by atoms with van der Waals surface area (Å²) in [6.45, 7) is 8.73. The van der Waals surface area contributed by atoms with Gasteiger partial charge in [-0.2, -0.15) is 0 Å². The van der Waals surface area contributed by atoms with Crippen molar-refractivity contribution in [1.29, 1.82) is 0 Å². The first-order chi connectivity index (χ1) is 11.8. The highest BCUT2D eigenvalue weighted by atomic mass is 79.9. The first-order valence-corrected chi connectivity index (χ1v) is 9.59. The monoisotopic (exact) mass is 450 g/mol. The van der Waals surface area contributed by atoms with Crippen LogP contribution in [0.5, 0.6) is 0 Å². The Balaban J connectivity index is 0.00000243. The molecule has 0 radical (unpaired) electrons. The Labute approximate surface area is 175 Å². The molecule has 5 heteroatoms. The Morgan fingerprint density at radius 1 is 1.08 bits per heavy atom. The van der Waals surface area contributed by atoms with Gasteiger partial charge in [-0.05, 0) is 42.3 Å². The van der Waals surface area contributed by atoms with Crippen LogP contribution in [0.1, 0.15) is 42.5 Å². The zero-order valence-corrected chi connectivity index (χ0v) is 18.8. The van der Waals surface area contributed by atoms with Crippen molar-refractivity contribution in [3.8, 4) is 0 Å². The molecular weight excluding hydrogens is 428 g/mol. The molecular formula is C21H24BrClN2S. The standard InChI is InChI=1S/C21H23ClN2S.BrH/c1-14-6-5-7-17(12-14)23-20-24-19(21(2,3)4)18(25-20)13-15-8-10-16(22)11-9-15;/h5-12H,13H2,1-4H3,(H,23,24);1H. The zero-order valence-electron chi connectivity index (χ0n) is 15.5. The van der Waals surface area contributed by atoms with Gasteiger partial charge in [0.05, 0.1) is 5.69 Å². The van der Waals surface area contributed by atoms with Gasteiger partial charge in [0.1, 0.15) is 0 Å². The van der Waals surface area contributed by atoms with Crippen molar-refractivity contribution in [3.63, 3.8) is 0 Å². The fourth-order valence-corrected chi connectivity index (χ4v) is 4.10. The first kappa shape index (κ1) is 20.9. The van der Waals surface area contributed by atoms with E-state index >= 15 is 0 Å². The SMILES string of the molecule is Br.Cc1cccc(Nc2nc(C(C)(C)C)c(Cc3ccc(Cl)cc3)s2)c1. The van der Waals surface area contributed by atoms with Gasteiger partial charge in [-0.15, -0.1) is 28.3 Å². The Morgan fingerprint density at radius 2 is 1.77 bits per heavy atom. The molecule has 0 saturated carbocycles. The van der Waals surface area contributed by atoms with Crippen molar-refractivity contribution < 1.29 is 0 Å². The van der Waals surface area contributed by atoms with Gasteiger partial charge >= 0.3 is 0 Å². The van der Waals surface area contributed by atoms with Gasteiger partial charge in [-0.25, -0.2) is 4.98 Å². The topological polar surface area (TPSA) is 24.9 Å². The van der Waals surface area contributed by atoms with Gasteiger partial charge in [0.2, 0.25) is 0 Å². The predicted octanol–water partition coefficient (Wildman–Crippen LogP) is 7.31. The molecule has 0 aliphatic heterocycles. The maximum absolute atomic E-state index is 6.01. The summed E-state index contributed by atoms with van der Waals surface area (Å²) in [6, 6.07) is 16.4. The van der Waals surface area contributed by atoms with E-state index in [0.29, 0.717) is 0 Å². The van der Waals surface area contributed by atoms with E-state index in [1.54, 1.807) is 11.3 Å². The number of thiazole rings is 1.